The van der Waals surface area contributed by atoms with Crippen molar-refractivity contribution in [3.63, 3.8) is 0 Å². The first-order valence-electron chi connectivity index (χ1n) is 37.8. The van der Waals surface area contributed by atoms with Gasteiger partial charge in [-0.25, -0.2) is 9.13 Å². The predicted molar refractivity (Wildman–Crippen MR) is 377 cm³/mol. The molecule has 17 nitrogen and oxygen atoms in total. The maximum atomic E-state index is 13.0. The standard InChI is InChI=1S/C74H140O17P2/c1-7-10-12-14-15-16-17-18-19-23-29-34-39-45-51-57-72(77)85-63-70(91-74(79)59-52-46-40-35-30-24-21-20-22-28-33-38-44-49-55-67(6)9-3)65-89-93(82,83)87-61-68(75)60-86-92(80,81)88-64-69(62-84-71(76)56-50-42-13-11-8-2)90-73(78)58-53-47-41-36-31-26-25-27-32-37-43-48-54-66(4)5/h16-19,66-70,75H,7-15,20-65H2,1-6H3,(H,80,81)(H,82,83)/b17-16-,19-18-/t67?,68-,69+,70+/m0/s1. The number of hydrogen-bond acceptors (Lipinski definition) is 15. The fraction of sp³-hybridized carbons (Fsp3) is 0.892. The Labute approximate surface area is 567 Å². The van der Waals surface area contributed by atoms with E-state index in [0.29, 0.717) is 25.7 Å². The molecule has 0 aromatic carbocycles. The monoisotopic (exact) mass is 1360 g/mol. The summed E-state index contributed by atoms with van der Waals surface area (Å²) in [5.74, 6) is -0.540. The minimum absolute atomic E-state index is 0.101. The van der Waals surface area contributed by atoms with E-state index < -0.39 is 97.5 Å². The van der Waals surface area contributed by atoms with E-state index in [2.05, 4.69) is 65.8 Å². The Morgan fingerprint density at radius 1 is 0.355 bits per heavy atom. The summed E-state index contributed by atoms with van der Waals surface area (Å²) in [7, 11) is -9.91. The summed E-state index contributed by atoms with van der Waals surface area (Å²) in [5, 5.41) is 10.6. The lowest BCUT2D eigenvalue weighted by atomic mass is 9.99. The molecule has 0 heterocycles. The molecule has 6 atom stereocenters. The summed E-state index contributed by atoms with van der Waals surface area (Å²) in [6, 6.07) is 0. The number of aliphatic hydroxyl groups is 1. The quantitative estimate of drug-likeness (QED) is 0.0169. The zero-order valence-corrected chi connectivity index (χ0v) is 61.8. The zero-order chi connectivity index (χ0) is 68.6. The van der Waals surface area contributed by atoms with Crippen LogP contribution in [0.25, 0.3) is 0 Å². The Morgan fingerprint density at radius 2 is 0.634 bits per heavy atom. The Morgan fingerprint density at radius 3 is 0.968 bits per heavy atom. The first kappa shape index (κ1) is 90.5. The number of phosphoric ester groups is 2. The fourth-order valence-corrected chi connectivity index (χ4v) is 12.3. The third-order valence-corrected chi connectivity index (χ3v) is 18.8. The van der Waals surface area contributed by atoms with Gasteiger partial charge in [-0.1, -0.05) is 303 Å². The number of esters is 4. The molecule has 0 spiro atoms. The summed E-state index contributed by atoms with van der Waals surface area (Å²) >= 11 is 0. The van der Waals surface area contributed by atoms with Gasteiger partial charge in [-0.05, 0) is 63.2 Å². The van der Waals surface area contributed by atoms with E-state index in [0.717, 1.165) is 127 Å². The molecule has 3 unspecified atom stereocenters. The van der Waals surface area contributed by atoms with Crippen LogP contribution >= 0.6 is 15.6 Å². The third kappa shape index (κ3) is 66.6. The van der Waals surface area contributed by atoms with Gasteiger partial charge in [0.1, 0.15) is 19.3 Å². The largest absolute Gasteiger partial charge is 0.472 e. The van der Waals surface area contributed by atoms with Crippen LogP contribution in [0.2, 0.25) is 0 Å². The van der Waals surface area contributed by atoms with Crippen LogP contribution in [-0.4, -0.2) is 96.7 Å². The number of aliphatic hydroxyl groups excluding tert-OH is 1. The lowest BCUT2D eigenvalue weighted by Crippen LogP contribution is -2.30. The highest BCUT2D eigenvalue weighted by Crippen LogP contribution is 2.45. The number of hydrogen-bond donors (Lipinski definition) is 3. The highest BCUT2D eigenvalue weighted by atomic mass is 31.2. The van der Waals surface area contributed by atoms with Crippen LogP contribution in [0.3, 0.4) is 0 Å². The van der Waals surface area contributed by atoms with Gasteiger partial charge < -0.3 is 33.8 Å². The second-order valence-electron chi connectivity index (χ2n) is 26.7. The number of allylic oxidation sites excluding steroid dienone is 4. The first-order valence-corrected chi connectivity index (χ1v) is 40.8. The highest BCUT2D eigenvalue weighted by Gasteiger charge is 2.30. The summed E-state index contributed by atoms with van der Waals surface area (Å²) in [6.45, 7) is 9.48. The van der Waals surface area contributed by atoms with Crippen molar-refractivity contribution < 1.29 is 80.2 Å². The van der Waals surface area contributed by atoms with Crippen molar-refractivity contribution in [1.29, 1.82) is 0 Å². The van der Waals surface area contributed by atoms with Gasteiger partial charge in [0.15, 0.2) is 12.2 Å². The molecule has 0 rings (SSSR count). The van der Waals surface area contributed by atoms with Crippen molar-refractivity contribution in [2.24, 2.45) is 11.8 Å². The summed E-state index contributed by atoms with van der Waals surface area (Å²) < 4.78 is 68.2. The van der Waals surface area contributed by atoms with Crippen LogP contribution in [0.1, 0.15) is 356 Å². The van der Waals surface area contributed by atoms with Crippen LogP contribution < -0.4 is 0 Å². The summed E-state index contributed by atoms with van der Waals surface area (Å²) in [6.07, 6.45) is 55.2. The van der Waals surface area contributed by atoms with E-state index in [1.54, 1.807) is 0 Å². The SMILES string of the molecule is CCCCCC/C=C\C=C/CCCCCCCC(=O)OC[C@H](COP(=O)(O)OC[C@@H](O)COP(=O)(O)OC[C@@H](COC(=O)CCCCCCC)OC(=O)CCCCCCCCCCCCCCC(C)C)OC(=O)CCCCCCCCCCCCCCCCC(C)CC. The Kier molecular flexibility index (Phi) is 63.7. The zero-order valence-electron chi connectivity index (χ0n) is 60.0. The minimum atomic E-state index is -4.96. The number of carbonyl (C=O) groups is 4. The normalized spacial score (nSPS) is 14.5. The van der Waals surface area contributed by atoms with Gasteiger partial charge in [-0.15, -0.1) is 0 Å². The molecule has 0 saturated heterocycles. The lowest BCUT2D eigenvalue weighted by molar-refractivity contribution is -0.161. The molecule has 0 fully saturated rings. The van der Waals surface area contributed by atoms with E-state index in [1.165, 1.54) is 148 Å². The van der Waals surface area contributed by atoms with Crippen LogP contribution in [0.15, 0.2) is 24.3 Å². The van der Waals surface area contributed by atoms with Crippen LogP contribution in [0.4, 0.5) is 0 Å². The molecule has 19 heteroatoms. The number of unbranched alkanes of at least 4 members (excludes halogenated alkanes) is 37. The number of rotatable bonds is 71. The Balaban J connectivity index is 5.19. The molecular formula is C74H140O17P2. The van der Waals surface area contributed by atoms with Gasteiger partial charge in [-0.2, -0.15) is 0 Å². The van der Waals surface area contributed by atoms with Crippen molar-refractivity contribution in [2.75, 3.05) is 39.6 Å². The Bertz CT molecular complexity index is 1900. The average Bonchev–Trinajstić information content (AvgIpc) is 1.67. The van der Waals surface area contributed by atoms with E-state index in [9.17, 15) is 43.2 Å². The molecule has 0 aliphatic rings. The van der Waals surface area contributed by atoms with Gasteiger partial charge in [0.05, 0.1) is 26.4 Å². The van der Waals surface area contributed by atoms with E-state index >= 15 is 0 Å². The van der Waals surface area contributed by atoms with E-state index in [4.69, 9.17) is 37.0 Å². The van der Waals surface area contributed by atoms with Gasteiger partial charge in [0, 0.05) is 25.7 Å². The van der Waals surface area contributed by atoms with Crippen LogP contribution in [0.5, 0.6) is 0 Å². The molecule has 0 aliphatic heterocycles. The smallest absolute Gasteiger partial charge is 0.462 e. The summed E-state index contributed by atoms with van der Waals surface area (Å²) in [4.78, 5) is 72.4. The summed E-state index contributed by atoms with van der Waals surface area (Å²) in [5.41, 5.74) is 0. The van der Waals surface area contributed by atoms with E-state index in [-0.39, 0.29) is 25.7 Å². The molecule has 0 amide bonds. The predicted octanol–water partition coefficient (Wildman–Crippen LogP) is 21.1. The molecule has 0 aromatic heterocycles. The fourth-order valence-electron chi connectivity index (χ4n) is 10.7. The molecule has 93 heavy (non-hydrogen) atoms. The molecule has 0 aliphatic carbocycles. The van der Waals surface area contributed by atoms with Crippen molar-refractivity contribution >= 4 is 39.5 Å². The number of phosphoric acid groups is 2. The molecule has 0 radical (unpaired) electrons. The van der Waals surface area contributed by atoms with Gasteiger partial charge in [0.25, 0.3) is 0 Å². The molecule has 548 valence electrons. The van der Waals surface area contributed by atoms with Gasteiger partial charge in [0.2, 0.25) is 0 Å². The maximum absolute atomic E-state index is 13.0. The highest BCUT2D eigenvalue weighted by molar-refractivity contribution is 7.47. The Hall–Kier alpha value is -2.46. The van der Waals surface area contributed by atoms with Crippen LogP contribution in [-0.2, 0) is 65.4 Å². The minimum Gasteiger partial charge on any atom is -0.462 e. The lowest BCUT2D eigenvalue weighted by Gasteiger charge is -2.21. The molecule has 3 N–H and O–H groups in total. The topological polar surface area (TPSA) is 237 Å². The van der Waals surface area contributed by atoms with Crippen molar-refractivity contribution in [3.05, 3.63) is 24.3 Å². The second-order valence-corrected chi connectivity index (χ2v) is 29.6. The molecule has 0 saturated carbocycles. The molecule has 0 aromatic rings. The van der Waals surface area contributed by atoms with E-state index in [1.807, 2.05) is 0 Å². The van der Waals surface area contributed by atoms with Crippen molar-refractivity contribution in [3.8, 4) is 0 Å². The molecular weight excluding hydrogens is 1220 g/mol. The second kappa shape index (κ2) is 65.5. The first-order chi connectivity index (χ1) is 44.9. The van der Waals surface area contributed by atoms with Crippen LogP contribution in [0, 0.1) is 11.8 Å². The third-order valence-electron chi connectivity index (χ3n) is 16.9. The average molecular weight is 1360 g/mol. The molecule has 0 bridgehead atoms. The number of ether oxygens (including phenoxy) is 4. The van der Waals surface area contributed by atoms with Crippen molar-refractivity contribution in [2.45, 2.75) is 374 Å². The van der Waals surface area contributed by atoms with Crippen molar-refractivity contribution in [1.82, 2.24) is 0 Å². The van der Waals surface area contributed by atoms with Gasteiger partial charge >= 0.3 is 39.5 Å². The number of carbonyl (C=O) groups excluding carboxylic acids is 4. The van der Waals surface area contributed by atoms with Gasteiger partial charge in [-0.3, -0.25) is 37.3 Å². The maximum Gasteiger partial charge on any atom is 0.472 e.